The number of hydrogen-bond donors (Lipinski definition) is 1. The third-order valence-electron chi connectivity index (χ3n) is 3.50. The lowest BCUT2D eigenvalue weighted by Gasteiger charge is -2.09. The Morgan fingerprint density at radius 2 is 1.93 bits per heavy atom. The molecule has 9 heteroatoms. The van der Waals surface area contributed by atoms with Gasteiger partial charge in [-0.25, -0.2) is 0 Å². The molecule has 2 aromatic rings. The van der Waals surface area contributed by atoms with Gasteiger partial charge in [-0.15, -0.1) is 13.2 Å². The van der Waals surface area contributed by atoms with Crippen LogP contribution in [0.1, 0.15) is 36.3 Å². The van der Waals surface area contributed by atoms with Gasteiger partial charge in [-0.3, -0.25) is 4.79 Å². The van der Waals surface area contributed by atoms with E-state index >= 15 is 0 Å². The van der Waals surface area contributed by atoms with Gasteiger partial charge >= 0.3 is 6.36 Å². The Labute approximate surface area is 154 Å². The van der Waals surface area contributed by atoms with Crippen LogP contribution in [-0.2, 0) is 4.74 Å². The highest BCUT2D eigenvalue weighted by atomic mass is 19.4. The van der Waals surface area contributed by atoms with Gasteiger partial charge in [-0.2, -0.15) is 0 Å². The van der Waals surface area contributed by atoms with E-state index in [1.165, 1.54) is 12.1 Å². The average molecular weight is 386 g/mol. The predicted octanol–water partition coefficient (Wildman–Crippen LogP) is 4.09. The van der Waals surface area contributed by atoms with E-state index in [0.29, 0.717) is 30.8 Å². The molecule has 0 aliphatic rings. The van der Waals surface area contributed by atoms with Gasteiger partial charge in [0.25, 0.3) is 5.91 Å². The molecule has 6 nitrogen and oxygen atoms in total. The predicted molar refractivity (Wildman–Crippen MR) is 91.4 cm³/mol. The van der Waals surface area contributed by atoms with Crippen molar-refractivity contribution in [3.8, 4) is 17.1 Å². The van der Waals surface area contributed by atoms with Gasteiger partial charge in [-0.05, 0) is 51.5 Å². The lowest BCUT2D eigenvalue weighted by atomic mass is 10.1. The molecule has 2 rings (SSSR count). The molecule has 0 saturated heterocycles. The molecule has 0 atom stereocenters. The minimum Gasteiger partial charge on any atom is -0.406 e. The van der Waals surface area contributed by atoms with E-state index in [1.54, 1.807) is 6.92 Å². The number of nitrogens with zero attached hydrogens (tertiary/aromatic N) is 1. The van der Waals surface area contributed by atoms with E-state index in [0.717, 1.165) is 12.1 Å². The molecule has 0 aliphatic carbocycles. The van der Waals surface area contributed by atoms with Crippen molar-refractivity contribution in [3.05, 3.63) is 35.5 Å². The molecule has 1 amide bonds. The minimum atomic E-state index is -4.77. The van der Waals surface area contributed by atoms with E-state index in [4.69, 9.17) is 9.26 Å². The van der Waals surface area contributed by atoms with Crippen LogP contribution in [0.3, 0.4) is 0 Å². The molecular weight excluding hydrogens is 365 g/mol. The third-order valence-corrected chi connectivity index (χ3v) is 3.50. The maximum atomic E-state index is 12.4. The molecule has 1 aromatic carbocycles. The summed E-state index contributed by atoms with van der Waals surface area (Å²) >= 11 is 0. The standard InChI is InChI=1S/C18H21F3N2O4/c1-11(2)25-10-4-9-22-17(24)15-12(3)23-27-16(15)13-5-7-14(8-6-13)26-18(19,20)21/h5-8,11H,4,9-10H2,1-3H3,(H,22,24). The fraction of sp³-hybridized carbons (Fsp3) is 0.444. The zero-order chi connectivity index (χ0) is 20.0. The Balaban J connectivity index is 2.06. The van der Waals surface area contributed by atoms with Gasteiger partial charge in [0, 0.05) is 18.7 Å². The van der Waals surface area contributed by atoms with Crippen molar-refractivity contribution in [2.45, 2.75) is 39.7 Å². The highest BCUT2D eigenvalue weighted by molar-refractivity contribution is 6.00. The molecule has 0 bridgehead atoms. The Hall–Kier alpha value is -2.55. The number of aromatic nitrogens is 1. The first-order chi connectivity index (χ1) is 12.7. The largest absolute Gasteiger partial charge is 0.573 e. The first-order valence-corrected chi connectivity index (χ1v) is 8.39. The molecular formula is C18H21F3N2O4. The summed E-state index contributed by atoms with van der Waals surface area (Å²) in [7, 11) is 0. The van der Waals surface area contributed by atoms with Gasteiger partial charge in [0.15, 0.2) is 5.76 Å². The summed E-state index contributed by atoms with van der Waals surface area (Å²) in [5, 5.41) is 6.55. The fourth-order valence-electron chi connectivity index (χ4n) is 2.32. The van der Waals surface area contributed by atoms with E-state index in [2.05, 4.69) is 15.2 Å². The van der Waals surface area contributed by atoms with E-state index < -0.39 is 6.36 Å². The Morgan fingerprint density at radius 3 is 2.52 bits per heavy atom. The monoisotopic (exact) mass is 386 g/mol. The first-order valence-electron chi connectivity index (χ1n) is 8.39. The van der Waals surface area contributed by atoms with Gasteiger partial charge in [0.2, 0.25) is 0 Å². The van der Waals surface area contributed by atoms with Gasteiger partial charge < -0.3 is 19.3 Å². The Kier molecular flexibility index (Phi) is 6.84. The Morgan fingerprint density at radius 1 is 1.26 bits per heavy atom. The number of benzene rings is 1. The second-order valence-corrected chi connectivity index (χ2v) is 6.07. The van der Waals surface area contributed by atoms with Crippen molar-refractivity contribution in [3.63, 3.8) is 0 Å². The molecule has 0 saturated carbocycles. The molecule has 1 N–H and O–H groups in total. The maximum absolute atomic E-state index is 12.4. The molecule has 0 aliphatic heterocycles. The lowest BCUT2D eigenvalue weighted by molar-refractivity contribution is -0.274. The number of aryl methyl sites for hydroxylation is 1. The van der Waals surface area contributed by atoms with Crippen LogP contribution >= 0.6 is 0 Å². The zero-order valence-electron chi connectivity index (χ0n) is 15.2. The number of carbonyl (C=O) groups excluding carboxylic acids is 1. The molecule has 27 heavy (non-hydrogen) atoms. The van der Waals surface area contributed by atoms with Crippen molar-refractivity contribution in [2.75, 3.05) is 13.2 Å². The smallest absolute Gasteiger partial charge is 0.406 e. The number of carbonyl (C=O) groups is 1. The van der Waals surface area contributed by atoms with Crippen molar-refractivity contribution in [2.24, 2.45) is 0 Å². The normalized spacial score (nSPS) is 11.7. The summed E-state index contributed by atoms with van der Waals surface area (Å²) < 4.78 is 51.2. The quantitative estimate of drug-likeness (QED) is 0.692. The van der Waals surface area contributed by atoms with Crippen LogP contribution in [0.15, 0.2) is 28.8 Å². The number of hydrogen-bond acceptors (Lipinski definition) is 5. The van der Waals surface area contributed by atoms with Crippen LogP contribution in [0.4, 0.5) is 13.2 Å². The fourth-order valence-corrected chi connectivity index (χ4v) is 2.32. The zero-order valence-corrected chi connectivity index (χ0v) is 15.2. The maximum Gasteiger partial charge on any atom is 0.573 e. The van der Waals surface area contributed by atoms with E-state index in [-0.39, 0.29) is 29.1 Å². The number of ether oxygens (including phenoxy) is 2. The molecule has 0 spiro atoms. The number of amides is 1. The summed E-state index contributed by atoms with van der Waals surface area (Å²) in [5.74, 6) is -0.551. The van der Waals surface area contributed by atoms with Crippen LogP contribution < -0.4 is 10.1 Å². The van der Waals surface area contributed by atoms with Crippen LogP contribution in [0.2, 0.25) is 0 Å². The highest BCUT2D eigenvalue weighted by Crippen LogP contribution is 2.29. The number of halogens is 3. The third kappa shape index (κ3) is 6.28. The van der Waals surface area contributed by atoms with Crippen LogP contribution in [-0.4, -0.2) is 36.7 Å². The molecule has 0 unspecified atom stereocenters. The summed E-state index contributed by atoms with van der Waals surface area (Å²) in [5.41, 5.74) is 1.04. The number of rotatable bonds is 8. The number of nitrogens with one attached hydrogen (secondary N) is 1. The Bertz CT molecular complexity index is 755. The second kappa shape index (κ2) is 8.90. The van der Waals surface area contributed by atoms with Crippen LogP contribution in [0.25, 0.3) is 11.3 Å². The summed E-state index contributed by atoms with van der Waals surface area (Å²) in [6.07, 6.45) is -4.00. The average Bonchev–Trinajstić information content (AvgIpc) is 2.95. The SMILES string of the molecule is Cc1noc(-c2ccc(OC(F)(F)F)cc2)c1C(=O)NCCCOC(C)C. The lowest BCUT2D eigenvalue weighted by Crippen LogP contribution is -2.26. The van der Waals surface area contributed by atoms with E-state index in [9.17, 15) is 18.0 Å². The second-order valence-electron chi connectivity index (χ2n) is 6.07. The van der Waals surface area contributed by atoms with Gasteiger partial charge in [0.1, 0.15) is 11.3 Å². The van der Waals surface area contributed by atoms with Crippen LogP contribution in [0.5, 0.6) is 5.75 Å². The van der Waals surface area contributed by atoms with Crippen molar-refractivity contribution >= 4 is 5.91 Å². The topological polar surface area (TPSA) is 73.6 Å². The minimum absolute atomic E-state index is 0.122. The van der Waals surface area contributed by atoms with Gasteiger partial charge in [-0.1, -0.05) is 5.16 Å². The van der Waals surface area contributed by atoms with E-state index in [1.807, 2.05) is 13.8 Å². The van der Waals surface area contributed by atoms with Crippen molar-refractivity contribution in [1.29, 1.82) is 0 Å². The van der Waals surface area contributed by atoms with Crippen molar-refractivity contribution < 1.29 is 32.0 Å². The van der Waals surface area contributed by atoms with Crippen LogP contribution in [0, 0.1) is 6.92 Å². The highest BCUT2D eigenvalue weighted by Gasteiger charge is 2.31. The number of alkyl halides is 3. The molecule has 0 fully saturated rings. The summed E-state index contributed by atoms with van der Waals surface area (Å²) in [6, 6.07) is 5.03. The molecule has 0 radical (unpaired) electrons. The van der Waals surface area contributed by atoms with Crippen molar-refractivity contribution in [1.82, 2.24) is 10.5 Å². The summed E-state index contributed by atoms with van der Waals surface area (Å²) in [4.78, 5) is 12.4. The van der Waals surface area contributed by atoms with Gasteiger partial charge in [0.05, 0.1) is 11.8 Å². The molecule has 1 aromatic heterocycles. The summed E-state index contributed by atoms with van der Waals surface area (Å²) in [6.45, 7) is 6.40. The molecule has 148 valence electrons. The first kappa shape index (κ1) is 20.8. The molecule has 1 heterocycles.